The molecule has 2 aromatic carbocycles. The zero-order valence-electron chi connectivity index (χ0n) is 12.2. The number of anilines is 1. The zero-order valence-corrected chi connectivity index (χ0v) is 15.3. The molecule has 0 unspecified atom stereocenters. The van der Waals surface area contributed by atoms with Gasteiger partial charge < -0.3 is 0 Å². The minimum atomic E-state index is -0.385. The van der Waals surface area contributed by atoms with Gasteiger partial charge in [-0.05, 0) is 23.8 Å². The van der Waals surface area contributed by atoms with Gasteiger partial charge in [0.1, 0.15) is 0 Å². The second kappa shape index (κ2) is 7.53. The Morgan fingerprint density at radius 3 is 2.38 bits per heavy atom. The first-order valence-electron chi connectivity index (χ1n) is 6.98. The summed E-state index contributed by atoms with van der Waals surface area (Å²) in [5.41, 5.74) is 1.25. The van der Waals surface area contributed by atoms with E-state index < -0.39 is 0 Å². The molecule has 1 amide bonds. The van der Waals surface area contributed by atoms with Gasteiger partial charge in [0.15, 0.2) is 5.13 Å². The van der Waals surface area contributed by atoms with E-state index in [-0.39, 0.29) is 11.5 Å². The number of benzene rings is 2. The number of carbonyl (C=O) groups excluding carboxylic acids is 1. The minimum absolute atomic E-state index is 0.240. The third-order valence-electron chi connectivity index (χ3n) is 3.29. The van der Waals surface area contributed by atoms with Crippen molar-refractivity contribution in [2.24, 2.45) is 0 Å². The Hall–Kier alpha value is -1.59. The first-order chi connectivity index (χ1) is 11.5. The zero-order chi connectivity index (χ0) is 17.1. The lowest BCUT2D eigenvalue weighted by Crippen LogP contribution is -2.12. The molecule has 3 aromatic rings. The van der Waals surface area contributed by atoms with E-state index in [1.807, 2.05) is 24.3 Å². The summed E-state index contributed by atoms with van der Waals surface area (Å²) < 4.78 is 0. The first kappa shape index (κ1) is 17.2. The molecule has 122 valence electrons. The van der Waals surface area contributed by atoms with Crippen LogP contribution >= 0.6 is 46.1 Å². The summed E-state index contributed by atoms with van der Waals surface area (Å²) in [6, 6.07) is 12.6. The topological polar surface area (TPSA) is 42.0 Å². The highest BCUT2D eigenvalue weighted by Gasteiger charge is 2.16. The molecule has 7 heteroatoms. The molecule has 0 fully saturated rings. The summed E-state index contributed by atoms with van der Waals surface area (Å²) in [7, 11) is 0. The fourth-order valence-corrected chi connectivity index (χ4v) is 3.75. The normalized spacial score (nSPS) is 10.6. The maximum atomic E-state index is 12.3. The van der Waals surface area contributed by atoms with Crippen LogP contribution in [-0.4, -0.2) is 10.9 Å². The molecule has 0 saturated heterocycles. The molecule has 3 rings (SSSR count). The number of hydrogen-bond acceptors (Lipinski definition) is 3. The second-order valence-electron chi connectivity index (χ2n) is 4.95. The van der Waals surface area contributed by atoms with Gasteiger partial charge in [-0.15, -0.1) is 11.3 Å². The van der Waals surface area contributed by atoms with Gasteiger partial charge in [0, 0.05) is 22.5 Å². The lowest BCUT2D eigenvalue weighted by Gasteiger charge is -2.05. The van der Waals surface area contributed by atoms with Gasteiger partial charge in [0.05, 0.1) is 15.6 Å². The van der Waals surface area contributed by atoms with Crippen LogP contribution in [0.15, 0.2) is 48.7 Å². The van der Waals surface area contributed by atoms with E-state index in [9.17, 15) is 4.79 Å². The fourth-order valence-electron chi connectivity index (χ4n) is 2.15. The van der Waals surface area contributed by atoms with Crippen molar-refractivity contribution in [1.82, 2.24) is 4.98 Å². The monoisotopic (exact) mass is 396 g/mol. The van der Waals surface area contributed by atoms with Crippen LogP contribution in [0.2, 0.25) is 15.1 Å². The average Bonchev–Trinajstić information content (AvgIpc) is 2.96. The van der Waals surface area contributed by atoms with Crippen LogP contribution in [0.3, 0.4) is 0 Å². The molecule has 0 aliphatic carbocycles. The Balaban J connectivity index is 1.75. The first-order valence-corrected chi connectivity index (χ1v) is 8.93. The highest BCUT2D eigenvalue weighted by Crippen LogP contribution is 2.28. The van der Waals surface area contributed by atoms with Crippen molar-refractivity contribution in [3.05, 3.63) is 79.7 Å². The van der Waals surface area contributed by atoms with E-state index in [0.29, 0.717) is 26.6 Å². The molecule has 1 heterocycles. The van der Waals surface area contributed by atoms with Gasteiger partial charge in [-0.3, -0.25) is 10.1 Å². The van der Waals surface area contributed by atoms with Crippen molar-refractivity contribution in [1.29, 1.82) is 0 Å². The number of halogens is 3. The summed E-state index contributed by atoms with van der Waals surface area (Å²) in [6.45, 7) is 0. The molecule has 0 bridgehead atoms. The van der Waals surface area contributed by atoms with Crippen LogP contribution in [0.5, 0.6) is 0 Å². The summed E-state index contributed by atoms with van der Waals surface area (Å²) in [5.74, 6) is -0.385. The number of amides is 1. The lowest BCUT2D eigenvalue weighted by atomic mass is 10.1. The standard InChI is InChI=1S/C17H11Cl3N2OS/c18-12-5-2-1-4-10(12)8-11-9-21-17(24-11)22-16(23)15-13(19)6-3-7-14(15)20/h1-7,9H,8H2,(H,21,22,23). The van der Waals surface area contributed by atoms with Gasteiger partial charge in [0.2, 0.25) is 0 Å². The minimum Gasteiger partial charge on any atom is -0.298 e. The van der Waals surface area contributed by atoms with E-state index in [0.717, 1.165) is 10.4 Å². The molecule has 0 aliphatic heterocycles. The largest absolute Gasteiger partial charge is 0.298 e. The molecule has 0 atom stereocenters. The molecule has 24 heavy (non-hydrogen) atoms. The van der Waals surface area contributed by atoms with Crippen molar-refractivity contribution in [2.75, 3.05) is 5.32 Å². The Morgan fingerprint density at radius 2 is 1.67 bits per heavy atom. The van der Waals surface area contributed by atoms with Crippen LogP contribution in [0.1, 0.15) is 20.8 Å². The highest BCUT2D eigenvalue weighted by atomic mass is 35.5. The van der Waals surface area contributed by atoms with E-state index in [4.69, 9.17) is 34.8 Å². The quantitative estimate of drug-likeness (QED) is 0.591. The fraction of sp³-hybridized carbons (Fsp3) is 0.0588. The Kier molecular flexibility index (Phi) is 5.41. The SMILES string of the molecule is O=C(Nc1ncc(Cc2ccccc2Cl)s1)c1c(Cl)cccc1Cl. The number of carbonyl (C=O) groups is 1. The molecule has 1 aromatic heterocycles. The molecular formula is C17H11Cl3N2OS. The Bertz CT molecular complexity index is 875. The number of thiazole rings is 1. The smallest absolute Gasteiger partial charge is 0.260 e. The average molecular weight is 398 g/mol. The van der Waals surface area contributed by atoms with E-state index in [1.165, 1.54) is 11.3 Å². The third kappa shape index (κ3) is 3.90. The van der Waals surface area contributed by atoms with Gasteiger partial charge >= 0.3 is 0 Å². The van der Waals surface area contributed by atoms with E-state index >= 15 is 0 Å². The highest BCUT2D eigenvalue weighted by molar-refractivity contribution is 7.15. The molecular weight excluding hydrogens is 387 g/mol. The summed E-state index contributed by atoms with van der Waals surface area (Å²) in [6.07, 6.45) is 2.37. The Morgan fingerprint density at radius 1 is 1.00 bits per heavy atom. The molecule has 3 nitrogen and oxygen atoms in total. The van der Waals surface area contributed by atoms with Crippen molar-refractivity contribution >= 4 is 57.2 Å². The number of nitrogens with one attached hydrogen (secondary N) is 1. The van der Waals surface area contributed by atoms with Crippen molar-refractivity contribution in [3.8, 4) is 0 Å². The van der Waals surface area contributed by atoms with Gasteiger partial charge in [0.25, 0.3) is 5.91 Å². The van der Waals surface area contributed by atoms with Crippen LogP contribution in [-0.2, 0) is 6.42 Å². The van der Waals surface area contributed by atoms with Crippen molar-refractivity contribution < 1.29 is 4.79 Å². The van der Waals surface area contributed by atoms with Gasteiger partial charge in [-0.2, -0.15) is 0 Å². The van der Waals surface area contributed by atoms with E-state index in [1.54, 1.807) is 24.4 Å². The van der Waals surface area contributed by atoms with Crippen LogP contribution in [0, 0.1) is 0 Å². The number of rotatable bonds is 4. The molecule has 0 aliphatic rings. The number of hydrogen-bond donors (Lipinski definition) is 1. The van der Waals surface area contributed by atoms with Crippen molar-refractivity contribution in [3.63, 3.8) is 0 Å². The molecule has 0 saturated carbocycles. The Labute approximate surface area is 158 Å². The van der Waals surface area contributed by atoms with Crippen LogP contribution < -0.4 is 5.32 Å². The summed E-state index contributed by atoms with van der Waals surface area (Å²) in [5, 5.41) is 4.52. The van der Waals surface area contributed by atoms with Crippen LogP contribution in [0.4, 0.5) is 5.13 Å². The van der Waals surface area contributed by atoms with Crippen LogP contribution in [0.25, 0.3) is 0 Å². The predicted octanol–water partition coefficient (Wildman–Crippen LogP) is 5.95. The molecule has 1 N–H and O–H groups in total. The van der Waals surface area contributed by atoms with Gasteiger partial charge in [-0.1, -0.05) is 59.1 Å². The lowest BCUT2D eigenvalue weighted by molar-refractivity contribution is 0.102. The van der Waals surface area contributed by atoms with Crippen molar-refractivity contribution in [2.45, 2.75) is 6.42 Å². The summed E-state index contributed by atoms with van der Waals surface area (Å²) >= 11 is 19.6. The summed E-state index contributed by atoms with van der Waals surface area (Å²) in [4.78, 5) is 17.6. The second-order valence-corrected chi connectivity index (χ2v) is 7.29. The van der Waals surface area contributed by atoms with Gasteiger partial charge in [-0.25, -0.2) is 4.98 Å². The number of nitrogens with zero attached hydrogens (tertiary/aromatic N) is 1. The molecule has 0 spiro atoms. The maximum absolute atomic E-state index is 12.3. The number of aromatic nitrogens is 1. The molecule has 0 radical (unpaired) electrons. The van der Waals surface area contributed by atoms with E-state index in [2.05, 4.69) is 10.3 Å². The predicted molar refractivity (Wildman–Crippen MR) is 101 cm³/mol. The third-order valence-corrected chi connectivity index (χ3v) is 5.20. The maximum Gasteiger partial charge on any atom is 0.260 e.